The summed E-state index contributed by atoms with van der Waals surface area (Å²) in [5.41, 5.74) is 4.49. The number of nitrogens with one attached hydrogen (secondary N) is 1. The molecule has 0 amide bonds. The fourth-order valence-corrected chi connectivity index (χ4v) is 5.37. The molecular weight excluding hydrogens is 452 g/mol. The van der Waals surface area contributed by atoms with E-state index in [2.05, 4.69) is 43.7 Å². The van der Waals surface area contributed by atoms with Crippen LogP contribution in [0.2, 0.25) is 0 Å². The number of piperidine rings is 1. The van der Waals surface area contributed by atoms with Gasteiger partial charge in [0.2, 0.25) is 0 Å². The molecule has 6 rings (SSSR count). The van der Waals surface area contributed by atoms with Gasteiger partial charge in [-0.15, -0.1) is 5.10 Å². The number of aromatic nitrogens is 5. The van der Waals surface area contributed by atoms with E-state index in [-0.39, 0.29) is 0 Å². The van der Waals surface area contributed by atoms with E-state index in [0.29, 0.717) is 19.3 Å². The molecule has 0 bridgehead atoms. The van der Waals surface area contributed by atoms with Crippen molar-refractivity contribution in [2.24, 2.45) is 5.92 Å². The monoisotopic (exact) mass is 488 g/mol. The molecule has 0 aromatic carbocycles. The van der Waals surface area contributed by atoms with Gasteiger partial charge in [0.05, 0.1) is 48.9 Å². The van der Waals surface area contributed by atoms with Crippen LogP contribution in [0.4, 0.5) is 11.4 Å². The largest absolute Gasteiger partial charge is 0.376 e. The minimum Gasteiger partial charge on any atom is -0.376 e. The first kappa shape index (κ1) is 23.4. The van der Waals surface area contributed by atoms with Crippen LogP contribution in [-0.2, 0) is 10.3 Å². The van der Waals surface area contributed by atoms with Crippen molar-refractivity contribution in [1.82, 2.24) is 30.3 Å². The summed E-state index contributed by atoms with van der Waals surface area (Å²) in [6.45, 7) is 4.38. The van der Waals surface area contributed by atoms with Gasteiger partial charge in [-0.2, -0.15) is 0 Å². The van der Waals surface area contributed by atoms with Gasteiger partial charge in [0.1, 0.15) is 5.69 Å². The Bertz CT molecular complexity index is 1170. The maximum Gasteiger partial charge on any atom is 0.152 e. The molecule has 5 heterocycles. The summed E-state index contributed by atoms with van der Waals surface area (Å²) in [5, 5.41) is 12.8. The molecule has 1 atom stereocenters. The van der Waals surface area contributed by atoms with Crippen LogP contribution in [-0.4, -0.2) is 77.9 Å². The Kier molecular flexibility index (Phi) is 6.35. The molecule has 3 aromatic rings. The van der Waals surface area contributed by atoms with Crippen molar-refractivity contribution in [3.8, 4) is 11.3 Å². The predicted octanol–water partition coefficient (Wildman–Crippen LogP) is 2.93. The SMILES string of the molecule is CN(C)c1cncc(-c2cn(C3(c4ccc(N5CCC[C@@H](NCC6CCC6)C5)cn4)COC3)nn2)c1. The second-order valence-corrected chi connectivity index (χ2v) is 10.8. The highest BCUT2D eigenvalue weighted by molar-refractivity contribution is 5.62. The molecule has 3 fully saturated rings. The number of nitrogens with zero attached hydrogens (tertiary/aromatic N) is 7. The molecule has 190 valence electrons. The summed E-state index contributed by atoms with van der Waals surface area (Å²) in [5.74, 6) is 0.896. The van der Waals surface area contributed by atoms with Gasteiger partial charge in [0.25, 0.3) is 0 Å². The molecule has 1 aliphatic carbocycles. The van der Waals surface area contributed by atoms with Crippen LogP contribution >= 0.6 is 0 Å². The Morgan fingerprint density at radius 2 is 2.00 bits per heavy atom. The Labute approximate surface area is 212 Å². The number of pyridine rings is 2. The Morgan fingerprint density at radius 1 is 1.11 bits per heavy atom. The van der Waals surface area contributed by atoms with Crippen LogP contribution < -0.4 is 15.1 Å². The summed E-state index contributed by atoms with van der Waals surface area (Å²) < 4.78 is 7.58. The van der Waals surface area contributed by atoms with Crippen LogP contribution in [0.15, 0.2) is 43.0 Å². The molecule has 0 unspecified atom stereocenters. The lowest BCUT2D eigenvalue weighted by Gasteiger charge is -2.41. The third-order valence-electron chi connectivity index (χ3n) is 8.08. The topological polar surface area (TPSA) is 84.2 Å². The summed E-state index contributed by atoms with van der Waals surface area (Å²) in [4.78, 5) is 13.8. The standard InChI is InChI=1S/C27H36N8O/c1-33(2)24-11-21(13-28-14-24)25-17-35(32-31-25)27(18-36-19-27)26-9-8-23(15-30-26)34-10-4-7-22(16-34)29-12-20-5-3-6-20/h8-9,11,13-15,17,20,22,29H,3-7,10,12,16,18-19H2,1-2H3/t22-/m1/s1. The first-order valence-electron chi connectivity index (χ1n) is 13.2. The van der Waals surface area contributed by atoms with E-state index in [0.717, 1.165) is 41.6 Å². The average molecular weight is 489 g/mol. The third kappa shape index (κ3) is 4.46. The quantitative estimate of drug-likeness (QED) is 0.518. The minimum absolute atomic E-state index is 0.425. The van der Waals surface area contributed by atoms with Gasteiger partial charge in [0, 0.05) is 45.0 Å². The summed E-state index contributed by atoms with van der Waals surface area (Å²) in [6, 6.07) is 6.99. The lowest BCUT2D eigenvalue weighted by atomic mass is 9.85. The molecule has 0 radical (unpaired) electrons. The zero-order valence-electron chi connectivity index (χ0n) is 21.3. The molecule has 9 nitrogen and oxygen atoms in total. The van der Waals surface area contributed by atoms with Gasteiger partial charge < -0.3 is 19.9 Å². The van der Waals surface area contributed by atoms with E-state index in [1.807, 2.05) is 48.5 Å². The second-order valence-electron chi connectivity index (χ2n) is 10.8. The summed E-state index contributed by atoms with van der Waals surface area (Å²) >= 11 is 0. The predicted molar refractivity (Wildman–Crippen MR) is 140 cm³/mol. The molecule has 9 heteroatoms. The Morgan fingerprint density at radius 3 is 2.69 bits per heavy atom. The maximum atomic E-state index is 5.67. The number of hydrogen-bond acceptors (Lipinski definition) is 8. The van der Waals surface area contributed by atoms with E-state index < -0.39 is 5.54 Å². The van der Waals surface area contributed by atoms with E-state index in [1.165, 1.54) is 44.3 Å². The minimum atomic E-state index is -0.425. The van der Waals surface area contributed by atoms with Crippen molar-refractivity contribution in [2.75, 3.05) is 56.7 Å². The first-order chi connectivity index (χ1) is 17.6. The maximum absolute atomic E-state index is 5.67. The lowest BCUT2D eigenvalue weighted by molar-refractivity contribution is -0.0851. The van der Waals surface area contributed by atoms with Crippen LogP contribution in [0, 0.1) is 5.92 Å². The van der Waals surface area contributed by atoms with E-state index in [1.54, 1.807) is 0 Å². The number of anilines is 2. The second kappa shape index (κ2) is 9.78. The molecule has 2 aliphatic heterocycles. The van der Waals surface area contributed by atoms with Crippen molar-refractivity contribution in [1.29, 1.82) is 0 Å². The molecule has 1 saturated carbocycles. The first-order valence-corrected chi connectivity index (χ1v) is 13.2. The van der Waals surface area contributed by atoms with Crippen molar-refractivity contribution in [3.05, 3.63) is 48.7 Å². The Hall–Kier alpha value is -3.04. The van der Waals surface area contributed by atoms with Crippen LogP contribution in [0.3, 0.4) is 0 Å². The van der Waals surface area contributed by atoms with Gasteiger partial charge in [-0.3, -0.25) is 9.97 Å². The molecule has 2 saturated heterocycles. The zero-order chi connectivity index (χ0) is 24.5. The van der Waals surface area contributed by atoms with E-state index in [9.17, 15) is 0 Å². The molecular formula is C27H36N8O. The van der Waals surface area contributed by atoms with Gasteiger partial charge in [-0.25, -0.2) is 4.68 Å². The van der Waals surface area contributed by atoms with Crippen molar-refractivity contribution in [2.45, 2.75) is 43.7 Å². The number of hydrogen-bond donors (Lipinski definition) is 1. The van der Waals surface area contributed by atoms with Crippen LogP contribution in [0.25, 0.3) is 11.3 Å². The fourth-order valence-electron chi connectivity index (χ4n) is 5.37. The highest BCUT2D eigenvalue weighted by Gasteiger charge is 2.45. The lowest BCUT2D eigenvalue weighted by Crippen LogP contribution is -2.53. The van der Waals surface area contributed by atoms with Crippen molar-refractivity contribution < 1.29 is 4.74 Å². The van der Waals surface area contributed by atoms with E-state index in [4.69, 9.17) is 9.72 Å². The smallest absolute Gasteiger partial charge is 0.152 e. The van der Waals surface area contributed by atoms with Crippen molar-refractivity contribution in [3.63, 3.8) is 0 Å². The van der Waals surface area contributed by atoms with Gasteiger partial charge in [-0.05, 0) is 56.3 Å². The molecule has 0 spiro atoms. The van der Waals surface area contributed by atoms with Gasteiger partial charge in [-0.1, -0.05) is 11.6 Å². The van der Waals surface area contributed by atoms with Gasteiger partial charge in [0.15, 0.2) is 5.54 Å². The Balaban J connectivity index is 1.17. The van der Waals surface area contributed by atoms with E-state index >= 15 is 0 Å². The zero-order valence-corrected chi connectivity index (χ0v) is 21.3. The average Bonchev–Trinajstić information content (AvgIpc) is 3.33. The summed E-state index contributed by atoms with van der Waals surface area (Å²) in [6.07, 6.45) is 14.3. The molecule has 3 aromatic heterocycles. The summed E-state index contributed by atoms with van der Waals surface area (Å²) in [7, 11) is 4.01. The highest BCUT2D eigenvalue weighted by Crippen LogP contribution is 2.34. The van der Waals surface area contributed by atoms with Crippen LogP contribution in [0.5, 0.6) is 0 Å². The number of rotatable bonds is 8. The normalized spacial score (nSPS) is 21.6. The molecule has 3 aliphatic rings. The fraction of sp³-hybridized carbons (Fsp3) is 0.556. The molecule has 1 N–H and O–H groups in total. The third-order valence-corrected chi connectivity index (χ3v) is 8.08. The molecule has 36 heavy (non-hydrogen) atoms. The van der Waals surface area contributed by atoms with Crippen molar-refractivity contribution >= 4 is 11.4 Å². The number of ether oxygens (including phenoxy) is 1. The highest BCUT2D eigenvalue weighted by atomic mass is 16.5. The van der Waals surface area contributed by atoms with Gasteiger partial charge >= 0.3 is 0 Å². The van der Waals surface area contributed by atoms with Crippen LogP contribution in [0.1, 0.15) is 37.8 Å².